The predicted octanol–water partition coefficient (Wildman–Crippen LogP) is 2.42. The molecule has 0 spiro atoms. The molecule has 1 aromatic heterocycles. The second kappa shape index (κ2) is 6.83. The van der Waals surface area contributed by atoms with E-state index >= 15 is 0 Å². The molecule has 6 heteroatoms. The van der Waals surface area contributed by atoms with Crippen LogP contribution < -0.4 is 9.63 Å². The number of benzene rings is 1. The van der Waals surface area contributed by atoms with E-state index in [-0.39, 0.29) is 17.4 Å². The van der Waals surface area contributed by atoms with Gasteiger partial charge in [0.2, 0.25) is 5.91 Å². The van der Waals surface area contributed by atoms with Gasteiger partial charge in [-0.3, -0.25) is 9.59 Å². The summed E-state index contributed by atoms with van der Waals surface area (Å²) in [6.07, 6.45) is 2.88. The van der Waals surface area contributed by atoms with Gasteiger partial charge in [-0.2, -0.15) is 4.73 Å². The lowest BCUT2D eigenvalue weighted by molar-refractivity contribution is -0.645. The van der Waals surface area contributed by atoms with Crippen LogP contribution in [0.25, 0.3) is 0 Å². The minimum atomic E-state index is -0.0434. The highest BCUT2D eigenvalue weighted by atomic mass is 32.2. The summed E-state index contributed by atoms with van der Waals surface area (Å²) in [6, 6.07) is 12.2. The first-order valence-corrected chi connectivity index (χ1v) is 8.38. The number of amides is 1. The maximum absolute atomic E-state index is 12.2. The van der Waals surface area contributed by atoms with Crippen molar-refractivity contribution in [1.29, 1.82) is 0 Å². The topological polar surface area (TPSA) is 64.3 Å². The fourth-order valence-corrected chi connectivity index (χ4v) is 3.30. The van der Waals surface area contributed by atoms with Crippen LogP contribution in [0.2, 0.25) is 0 Å². The van der Waals surface area contributed by atoms with Crippen molar-refractivity contribution < 1.29 is 14.3 Å². The van der Waals surface area contributed by atoms with Crippen molar-refractivity contribution in [2.45, 2.75) is 17.9 Å². The second-order valence-corrected chi connectivity index (χ2v) is 6.27. The van der Waals surface area contributed by atoms with Gasteiger partial charge in [0.15, 0.2) is 12.0 Å². The normalized spacial score (nSPS) is 14.3. The van der Waals surface area contributed by atoms with Crippen LogP contribution in [-0.2, 0) is 4.79 Å². The Morgan fingerprint density at radius 1 is 1.22 bits per heavy atom. The van der Waals surface area contributed by atoms with E-state index in [1.54, 1.807) is 47.4 Å². The molecule has 0 saturated carbocycles. The van der Waals surface area contributed by atoms with Gasteiger partial charge < -0.3 is 10.1 Å². The number of carbonyl (C=O) groups is 2. The summed E-state index contributed by atoms with van der Waals surface area (Å²) in [5.41, 5.74) is 1.42. The maximum atomic E-state index is 12.2. The van der Waals surface area contributed by atoms with Crippen LogP contribution in [0.4, 0.5) is 5.69 Å². The Bertz CT molecular complexity index is 731. The Kier molecular flexibility index (Phi) is 4.62. The van der Waals surface area contributed by atoms with E-state index in [0.717, 1.165) is 23.4 Å². The number of hydrogen-bond acceptors (Lipinski definition) is 4. The largest absolute Gasteiger partial charge is 0.618 e. The van der Waals surface area contributed by atoms with Gasteiger partial charge >= 0.3 is 0 Å². The number of anilines is 1. The van der Waals surface area contributed by atoms with Crippen LogP contribution in [0.15, 0.2) is 53.7 Å². The van der Waals surface area contributed by atoms with Gasteiger partial charge in [-0.25, -0.2) is 0 Å². The summed E-state index contributed by atoms with van der Waals surface area (Å²) in [4.78, 5) is 25.7. The zero-order chi connectivity index (χ0) is 16.2. The van der Waals surface area contributed by atoms with Gasteiger partial charge in [-0.15, -0.1) is 0 Å². The van der Waals surface area contributed by atoms with Crippen LogP contribution in [0.5, 0.6) is 0 Å². The van der Waals surface area contributed by atoms with Gasteiger partial charge in [-0.05, 0) is 48.5 Å². The highest BCUT2D eigenvalue weighted by Gasteiger charge is 2.21. The molecule has 0 bridgehead atoms. The Morgan fingerprint density at radius 3 is 2.65 bits per heavy atom. The van der Waals surface area contributed by atoms with E-state index < -0.39 is 0 Å². The lowest BCUT2D eigenvalue weighted by atomic mass is 10.1. The van der Waals surface area contributed by atoms with E-state index in [9.17, 15) is 14.8 Å². The maximum Gasteiger partial charge on any atom is 0.251 e. The standard InChI is InChI=1S/C17H16N2O3S/c20-15(12-23-17-5-1-2-11-19(17)22)13-6-8-14(9-7-13)18-10-3-4-16(18)21/h1-2,5-9,11H,3-4,10,12H2. The zero-order valence-electron chi connectivity index (χ0n) is 12.5. The molecule has 2 aromatic rings. The molecule has 23 heavy (non-hydrogen) atoms. The van der Waals surface area contributed by atoms with Crippen molar-refractivity contribution in [3.63, 3.8) is 0 Å². The monoisotopic (exact) mass is 328 g/mol. The number of carbonyl (C=O) groups excluding carboxylic acids is 2. The van der Waals surface area contributed by atoms with Crippen molar-refractivity contribution in [1.82, 2.24) is 0 Å². The van der Waals surface area contributed by atoms with E-state index in [1.807, 2.05) is 0 Å². The molecular weight excluding hydrogens is 312 g/mol. The number of pyridine rings is 1. The second-order valence-electron chi connectivity index (χ2n) is 5.27. The third kappa shape index (κ3) is 3.53. The number of thioether (sulfide) groups is 1. The molecular formula is C17H16N2O3S. The van der Waals surface area contributed by atoms with Crippen LogP contribution >= 0.6 is 11.8 Å². The van der Waals surface area contributed by atoms with Crippen LogP contribution in [0.1, 0.15) is 23.2 Å². The Morgan fingerprint density at radius 2 is 2.00 bits per heavy atom. The number of hydrogen-bond donors (Lipinski definition) is 0. The first-order valence-electron chi connectivity index (χ1n) is 7.40. The summed E-state index contributed by atoms with van der Waals surface area (Å²) < 4.78 is 0.750. The van der Waals surface area contributed by atoms with E-state index in [2.05, 4.69) is 0 Å². The molecule has 0 N–H and O–H groups in total. The predicted molar refractivity (Wildman–Crippen MR) is 88.5 cm³/mol. The van der Waals surface area contributed by atoms with Gasteiger partial charge in [0.1, 0.15) is 0 Å². The minimum absolute atomic E-state index is 0.0434. The van der Waals surface area contributed by atoms with Crippen molar-refractivity contribution in [3.8, 4) is 0 Å². The number of ketones is 1. The molecule has 0 unspecified atom stereocenters. The molecule has 1 aliphatic rings. The van der Waals surface area contributed by atoms with Crippen molar-refractivity contribution in [2.24, 2.45) is 0 Å². The number of Topliss-reactive ketones (excluding diaryl/α,β-unsaturated/α-hetero) is 1. The molecule has 2 heterocycles. The smallest absolute Gasteiger partial charge is 0.251 e. The third-order valence-corrected chi connectivity index (χ3v) is 4.73. The van der Waals surface area contributed by atoms with Crippen LogP contribution in [-0.4, -0.2) is 24.0 Å². The average molecular weight is 328 g/mol. The fraction of sp³-hybridized carbons (Fsp3) is 0.235. The van der Waals surface area contributed by atoms with Gasteiger partial charge in [0.05, 0.1) is 5.75 Å². The van der Waals surface area contributed by atoms with E-state index in [0.29, 0.717) is 17.0 Å². The molecule has 0 aliphatic carbocycles. The van der Waals surface area contributed by atoms with Gasteiger partial charge in [0.25, 0.3) is 5.03 Å². The molecule has 1 fully saturated rings. The Balaban J connectivity index is 1.64. The molecule has 5 nitrogen and oxygen atoms in total. The Hall–Kier alpha value is -2.34. The van der Waals surface area contributed by atoms with E-state index in [1.165, 1.54) is 18.0 Å². The van der Waals surface area contributed by atoms with Gasteiger partial charge in [-0.1, -0.05) is 0 Å². The molecule has 118 valence electrons. The third-order valence-electron chi connectivity index (χ3n) is 3.71. The fourth-order valence-electron chi connectivity index (χ4n) is 2.50. The average Bonchev–Trinajstić information content (AvgIpc) is 3.00. The molecule has 1 aromatic carbocycles. The summed E-state index contributed by atoms with van der Waals surface area (Å²) in [7, 11) is 0. The lowest BCUT2D eigenvalue weighted by Gasteiger charge is -2.15. The lowest BCUT2D eigenvalue weighted by Crippen LogP contribution is -2.28. The first-order chi connectivity index (χ1) is 11.1. The number of rotatable bonds is 5. The van der Waals surface area contributed by atoms with Gasteiger partial charge in [0, 0.05) is 36.3 Å². The van der Waals surface area contributed by atoms with Crippen LogP contribution in [0.3, 0.4) is 0 Å². The quantitative estimate of drug-likeness (QED) is 0.366. The molecule has 0 atom stereocenters. The first kappa shape index (κ1) is 15.6. The zero-order valence-corrected chi connectivity index (χ0v) is 13.3. The molecule has 3 rings (SSSR count). The summed E-state index contributed by atoms with van der Waals surface area (Å²) in [6.45, 7) is 0.736. The summed E-state index contributed by atoms with van der Waals surface area (Å²) in [5, 5.41) is 12.0. The Labute approximate surface area is 138 Å². The SMILES string of the molecule is O=C(CSc1cccc[n+]1[O-])c1ccc(N2CCCC2=O)cc1. The number of aromatic nitrogens is 1. The summed E-state index contributed by atoms with van der Waals surface area (Å²) >= 11 is 1.22. The molecule has 1 amide bonds. The van der Waals surface area contributed by atoms with Crippen LogP contribution in [0, 0.1) is 5.21 Å². The molecule has 1 saturated heterocycles. The molecule has 0 radical (unpaired) electrons. The van der Waals surface area contributed by atoms with E-state index in [4.69, 9.17) is 0 Å². The highest BCUT2D eigenvalue weighted by molar-refractivity contribution is 7.99. The van der Waals surface area contributed by atoms with Crippen molar-refractivity contribution in [2.75, 3.05) is 17.2 Å². The van der Waals surface area contributed by atoms with Crippen molar-refractivity contribution >= 4 is 29.1 Å². The number of nitrogens with zero attached hydrogens (tertiary/aromatic N) is 2. The summed E-state index contributed by atoms with van der Waals surface area (Å²) in [5.74, 6) is 0.288. The minimum Gasteiger partial charge on any atom is -0.618 e. The van der Waals surface area contributed by atoms with Crippen molar-refractivity contribution in [3.05, 3.63) is 59.4 Å². The highest BCUT2D eigenvalue weighted by Crippen LogP contribution is 2.22. The molecule has 1 aliphatic heterocycles.